The van der Waals surface area contributed by atoms with E-state index >= 15 is 0 Å². The minimum Gasteiger partial charge on any atom is -0.464 e. The number of nitrogens with zero attached hydrogens (tertiary/aromatic N) is 1. The molecule has 11 heteroatoms. The molecule has 2 radical (unpaired) electrons. The minimum absolute atomic E-state index is 0.00670. The molecule has 0 aromatic rings. The van der Waals surface area contributed by atoms with Gasteiger partial charge in [0, 0.05) is 19.5 Å². The first-order chi connectivity index (χ1) is 26.4. The van der Waals surface area contributed by atoms with Crippen LogP contribution in [0, 0.1) is 0 Å². The SMILES string of the molecule is [B]C(O)(O)C(O)(O)N(CCCCCCCC(=O)OC(CCCCCCCC)CCCCCCCC)CCCCC(O)C(=O)OCCCCCCCCCCC. The number of carbonyl (C=O) groups excluding carboxylic acids is 2. The Morgan fingerprint density at radius 3 is 1.40 bits per heavy atom. The second-order valence-electron chi connectivity index (χ2n) is 16.1. The predicted molar refractivity (Wildman–Crippen MR) is 223 cm³/mol. The van der Waals surface area contributed by atoms with Crippen LogP contribution in [0.3, 0.4) is 0 Å². The molecule has 0 rings (SSSR count). The van der Waals surface area contributed by atoms with E-state index in [1.165, 1.54) is 103 Å². The number of carbonyl (C=O) groups is 2. The highest BCUT2D eigenvalue weighted by Gasteiger charge is 2.47. The summed E-state index contributed by atoms with van der Waals surface area (Å²) in [4.78, 5) is 26.0. The van der Waals surface area contributed by atoms with E-state index in [9.17, 15) is 35.1 Å². The third-order valence-electron chi connectivity index (χ3n) is 10.7. The normalized spacial score (nSPS) is 12.8. The van der Waals surface area contributed by atoms with Crippen LogP contribution in [-0.2, 0) is 19.1 Å². The van der Waals surface area contributed by atoms with Gasteiger partial charge in [-0.25, -0.2) is 9.69 Å². The van der Waals surface area contributed by atoms with Crippen molar-refractivity contribution < 1.29 is 44.6 Å². The summed E-state index contributed by atoms with van der Waals surface area (Å²) in [5.74, 6) is -3.87. The molecule has 55 heavy (non-hydrogen) atoms. The van der Waals surface area contributed by atoms with Crippen molar-refractivity contribution in [1.29, 1.82) is 0 Å². The summed E-state index contributed by atoms with van der Waals surface area (Å²) in [7, 11) is 5.28. The van der Waals surface area contributed by atoms with Gasteiger partial charge in [0.1, 0.15) is 6.10 Å². The van der Waals surface area contributed by atoms with E-state index < -0.39 is 23.7 Å². The summed E-state index contributed by atoms with van der Waals surface area (Å²) >= 11 is 0. The van der Waals surface area contributed by atoms with Gasteiger partial charge >= 0.3 is 11.9 Å². The number of aliphatic hydroxyl groups is 5. The first kappa shape index (κ1) is 53.8. The average molecular weight is 784 g/mol. The minimum atomic E-state index is -3.27. The topological polar surface area (TPSA) is 157 Å². The van der Waals surface area contributed by atoms with Crippen LogP contribution in [0.5, 0.6) is 0 Å². The second-order valence-corrected chi connectivity index (χ2v) is 16.1. The van der Waals surface area contributed by atoms with Gasteiger partial charge in [0.15, 0.2) is 19.6 Å². The molecule has 0 spiro atoms. The van der Waals surface area contributed by atoms with Gasteiger partial charge in [0.25, 0.3) is 5.91 Å². The van der Waals surface area contributed by atoms with E-state index in [2.05, 4.69) is 20.8 Å². The summed E-state index contributed by atoms with van der Waals surface area (Å²) in [6.45, 7) is 7.13. The zero-order valence-electron chi connectivity index (χ0n) is 35.8. The molecular formula is C44H86BNO9. The fourth-order valence-electron chi connectivity index (χ4n) is 7.01. The first-order valence-electron chi connectivity index (χ1n) is 22.9. The molecule has 0 aliphatic carbocycles. The molecule has 0 bridgehead atoms. The molecule has 1 unspecified atom stereocenters. The number of ether oxygens (including phenoxy) is 2. The molecule has 0 aliphatic rings. The van der Waals surface area contributed by atoms with E-state index in [1.54, 1.807) is 0 Å². The maximum absolute atomic E-state index is 12.7. The summed E-state index contributed by atoms with van der Waals surface area (Å²) in [5.41, 5.74) is -3.27. The Hall–Kier alpha value is -1.24. The van der Waals surface area contributed by atoms with E-state index in [0.717, 1.165) is 75.5 Å². The molecule has 0 fully saturated rings. The van der Waals surface area contributed by atoms with Crippen LogP contribution in [0.1, 0.15) is 226 Å². The number of rotatable bonds is 41. The molecule has 0 aliphatic heterocycles. The van der Waals surface area contributed by atoms with E-state index in [4.69, 9.17) is 17.3 Å². The number of esters is 2. The van der Waals surface area contributed by atoms with Gasteiger partial charge in [-0.2, -0.15) is 0 Å². The van der Waals surface area contributed by atoms with Crippen molar-refractivity contribution in [3.05, 3.63) is 0 Å². The molecule has 0 saturated heterocycles. The van der Waals surface area contributed by atoms with Crippen LogP contribution in [-0.4, -0.2) is 93.7 Å². The van der Waals surface area contributed by atoms with E-state index in [1.807, 2.05) is 0 Å². The Balaban J connectivity index is 4.47. The zero-order chi connectivity index (χ0) is 41.0. The van der Waals surface area contributed by atoms with Gasteiger partial charge in [0.05, 0.1) is 6.61 Å². The molecule has 1 atom stereocenters. The van der Waals surface area contributed by atoms with Crippen LogP contribution >= 0.6 is 0 Å². The lowest BCUT2D eigenvalue weighted by atomic mass is 9.89. The second kappa shape index (κ2) is 35.9. The van der Waals surface area contributed by atoms with Crippen molar-refractivity contribution in [2.75, 3.05) is 19.7 Å². The predicted octanol–water partition coefficient (Wildman–Crippen LogP) is 9.09. The largest absolute Gasteiger partial charge is 0.464 e. The van der Waals surface area contributed by atoms with Gasteiger partial charge in [-0.3, -0.25) is 4.79 Å². The smallest absolute Gasteiger partial charge is 0.334 e. The van der Waals surface area contributed by atoms with Crippen LogP contribution < -0.4 is 0 Å². The summed E-state index contributed by atoms with van der Waals surface area (Å²) < 4.78 is 11.2. The third kappa shape index (κ3) is 30.5. The fraction of sp³-hybridized carbons (Fsp3) is 0.955. The van der Waals surface area contributed by atoms with Gasteiger partial charge in [-0.1, -0.05) is 156 Å². The standard InChI is InChI=1S/C44H86BNO9/c1-4-7-10-13-16-17-18-24-31-38-54-42(49)40(47)34-28-30-37-46(44(52,53)43(45,50)51)36-29-23-19-22-27-35-41(48)55-39(32-25-20-14-11-8-5-2)33-26-21-15-12-9-6-3/h39-40,47,50-53H,4-38H2,1-3H3. The summed E-state index contributed by atoms with van der Waals surface area (Å²) in [6.07, 6.45) is 30.6. The van der Waals surface area contributed by atoms with Crippen LogP contribution in [0.15, 0.2) is 0 Å². The molecule has 0 aromatic carbocycles. The van der Waals surface area contributed by atoms with E-state index in [0.29, 0.717) is 25.7 Å². The molecular weight excluding hydrogens is 697 g/mol. The maximum Gasteiger partial charge on any atom is 0.334 e. The highest BCUT2D eigenvalue weighted by atomic mass is 16.6. The van der Waals surface area contributed by atoms with Crippen molar-refractivity contribution in [3.63, 3.8) is 0 Å². The lowest BCUT2D eigenvalue weighted by Gasteiger charge is -2.42. The molecule has 10 nitrogen and oxygen atoms in total. The molecule has 324 valence electrons. The van der Waals surface area contributed by atoms with Crippen LogP contribution in [0.25, 0.3) is 0 Å². The monoisotopic (exact) mass is 784 g/mol. The van der Waals surface area contributed by atoms with Gasteiger partial charge in [-0.15, -0.1) is 0 Å². The van der Waals surface area contributed by atoms with Crippen molar-refractivity contribution in [2.24, 2.45) is 0 Å². The maximum atomic E-state index is 12.7. The molecule has 0 heterocycles. The van der Waals surface area contributed by atoms with Gasteiger partial charge in [0.2, 0.25) is 0 Å². The Bertz CT molecular complexity index is 870. The van der Waals surface area contributed by atoms with Gasteiger partial charge < -0.3 is 35.0 Å². The number of hydrogen-bond acceptors (Lipinski definition) is 10. The highest BCUT2D eigenvalue weighted by Crippen LogP contribution is 2.22. The highest BCUT2D eigenvalue weighted by molar-refractivity contribution is 6.13. The molecule has 0 aromatic heterocycles. The van der Waals surface area contributed by atoms with Crippen molar-refractivity contribution in [1.82, 2.24) is 4.90 Å². The summed E-state index contributed by atoms with van der Waals surface area (Å²) in [5, 5.41) is 50.9. The number of hydrogen-bond donors (Lipinski definition) is 5. The van der Waals surface area contributed by atoms with Crippen molar-refractivity contribution >= 4 is 19.8 Å². The van der Waals surface area contributed by atoms with E-state index in [-0.39, 0.29) is 38.2 Å². The first-order valence-corrected chi connectivity index (χ1v) is 22.9. The zero-order valence-corrected chi connectivity index (χ0v) is 35.8. The Morgan fingerprint density at radius 1 is 0.545 bits per heavy atom. The number of aliphatic hydroxyl groups excluding tert-OH is 1. The fourth-order valence-corrected chi connectivity index (χ4v) is 7.01. The Labute approximate surface area is 338 Å². The molecule has 0 amide bonds. The van der Waals surface area contributed by atoms with Crippen LogP contribution in [0.2, 0.25) is 0 Å². The quantitative estimate of drug-likeness (QED) is 0.0175. The Morgan fingerprint density at radius 2 is 0.927 bits per heavy atom. The Kier molecular flexibility index (Phi) is 35.1. The summed E-state index contributed by atoms with van der Waals surface area (Å²) in [6, 6.07) is 0. The lowest BCUT2D eigenvalue weighted by molar-refractivity contribution is -0.379. The average Bonchev–Trinajstić information content (AvgIpc) is 3.14. The molecule has 0 saturated carbocycles. The van der Waals surface area contributed by atoms with Crippen molar-refractivity contribution in [2.45, 2.75) is 250 Å². The van der Waals surface area contributed by atoms with Gasteiger partial charge in [-0.05, 0) is 64.2 Å². The number of unbranched alkanes of at least 4 members (excludes halogenated alkanes) is 23. The lowest BCUT2D eigenvalue weighted by Crippen LogP contribution is -2.65. The third-order valence-corrected chi connectivity index (χ3v) is 10.7. The van der Waals surface area contributed by atoms with Crippen LogP contribution in [0.4, 0.5) is 0 Å². The van der Waals surface area contributed by atoms with Crippen molar-refractivity contribution in [3.8, 4) is 0 Å². The molecule has 5 N–H and O–H groups in total.